The Morgan fingerprint density at radius 3 is 2.79 bits per heavy atom. The van der Waals surface area contributed by atoms with Crippen LogP contribution in [-0.4, -0.2) is 22.4 Å². The number of allylic oxidation sites excluding steroid dienone is 1. The Morgan fingerprint density at radius 2 is 2.21 bits per heavy atom. The van der Waals surface area contributed by atoms with Crippen LogP contribution in [0.5, 0.6) is 17.4 Å². The van der Waals surface area contributed by atoms with E-state index in [0.717, 1.165) is 11.3 Å². The van der Waals surface area contributed by atoms with Gasteiger partial charge in [-0.2, -0.15) is 5.26 Å². The van der Waals surface area contributed by atoms with Crippen LogP contribution in [-0.2, 0) is 0 Å². The summed E-state index contributed by atoms with van der Waals surface area (Å²) in [7, 11) is 1.48. The van der Waals surface area contributed by atoms with Crippen LogP contribution in [0.1, 0.15) is 42.5 Å². The number of aromatic amines is 1. The van der Waals surface area contributed by atoms with Gasteiger partial charge in [0.2, 0.25) is 11.8 Å². The van der Waals surface area contributed by atoms with Gasteiger partial charge in [-0.3, -0.25) is 5.10 Å². The molecule has 7 heteroatoms. The Hall–Kier alpha value is -3.14. The summed E-state index contributed by atoms with van der Waals surface area (Å²) >= 11 is 0. The van der Waals surface area contributed by atoms with Crippen LogP contribution in [0.25, 0.3) is 0 Å². The van der Waals surface area contributed by atoms with Crippen molar-refractivity contribution in [3.63, 3.8) is 0 Å². The van der Waals surface area contributed by atoms with E-state index in [2.05, 4.69) is 16.3 Å². The SMILES string of the molecule is COc1ccc([C@@H]2C(C#N)=C(N)Oc3n[nH]c(C(C)C)c32)cc1O. The van der Waals surface area contributed by atoms with E-state index in [1.165, 1.54) is 7.11 Å². The van der Waals surface area contributed by atoms with E-state index in [0.29, 0.717) is 17.2 Å². The lowest BCUT2D eigenvalue weighted by molar-refractivity contribution is 0.371. The maximum Gasteiger partial charge on any atom is 0.244 e. The summed E-state index contributed by atoms with van der Waals surface area (Å²) in [5.41, 5.74) is 8.53. The lowest BCUT2D eigenvalue weighted by atomic mass is 9.82. The molecule has 1 atom stereocenters. The first-order valence-corrected chi connectivity index (χ1v) is 7.50. The number of nitrogens with zero attached hydrogens (tertiary/aromatic N) is 2. The summed E-state index contributed by atoms with van der Waals surface area (Å²) < 4.78 is 10.6. The molecule has 0 saturated carbocycles. The van der Waals surface area contributed by atoms with E-state index in [-0.39, 0.29) is 23.1 Å². The van der Waals surface area contributed by atoms with Crippen molar-refractivity contribution in [2.75, 3.05) is 7.11 Å². The zero-order valence-electron chi connectivity index (χ0n) is 13.6. The monoisotopic (exact) mass is 326 g/mol. The van der Waals surface area contributed by atoms with E-state index < -0.39 is 5.92 Å². The van der Waals surface area contributed by atoms with Crippen LogP contribution >= 0.6 is 0 Å². The minimum atomic E-state index is -0.466. The third-order valence-corrected chi connectivity index (χ3v) is 4.08. The molecule has 0 amide bonds. The van der Waals surface area contributed by atoms with Gasteiger partial charge in [0.1, 0.15) is 11.6 Å². The molecule has 0 spiro atoms. The normalized spacial score (nSPS) is 16.5. The number of H-pyrrole nitrogens is 1. The minimum Gasteiger partial charge on any atom is -0.504 e. The molecule has 0 fully saturated rings. The maximum atomic E-state index is 10.1. The summed E-state index contributed by atoms with van der Waals surface area (Å²) in [4.78, 5) is 0. The van der Waals surface area contributed by atoms with Crippen molar-refractivity contribution < 1.29 is 14.6 Å². The molecule has 124 valence electrons. The van der Waals surface area contributed by atoms with Crippen molar-refractivity contribution in [2.24, 2.45) is 5.73 Å². The zero-order valence-corrected chi connectivity index (χ0v) is 13.6. The van der Waals surface area contributed by atoms with Crippen LogP contribution in [0.4, 0.5) is 0 Å². The summed E-state index contributed by atoms with van der Waals surface area (Å²) in [5.74, 6) is 0.416. The number of hydrogen-bond acceptors (Lipinski definition) is 6. The Balaban J connectivity index is 2.23. The van der Waals surface area contributed by atoms with E-state index in [1.54, 1.807) is 18.2 Å². The van der Waals surface area contributed by atoms with Crippen LogP contribution in [0.3, 0.4) is 0 Å². The number of nitrogens with two attached hydrogens (primary N) is 1. The number of phenolic OH excluding ortho intramolecular Hbond substituents is 1. The average Bonchev–Trinajstić information content (AvgIpc) is 2.96. The van der Waals surface area contributed by atoms with Gasteiger partial charge >= 0.3 is 0 Å². The maximum absolute atomic E-state index is 10.1. The number of methoxy groups -OCH3 is 1. The number of hydrogen-bond donors (Lipinski definition) is 3. The highest BCUT2D eigenvalue weighted by Crippen LogP contribution is 2.45. The number of fused-ring (bicyclic) bond motifs is 1. The molecule has 1 aliphatic rings. The molecule has 0 bridgehead atoms. The predicted octanol–water partition coefficient (Wildman–Crippen LogP) is 2.47. The highest BCUT2D eigenvalue weighted by atomic mass is 16.5. The lowest BCUT2D eigenvalue weighted by Crippen LogP contribution is -2.21. The number of aromatic nitrogens is 2. The second kappa shape index (κ2) is 5.81. The van der Waals surface area contributed by atoms with Crippen LogP contribution in [0, 0.1) is 11.3 Å². The standard InChI is InChI=1S/C17H18N4O3/c1-8(2)15-14-13(9-4-5-12(23-3)11(22)6-9)10(7-18)16(19)24-17(14)21-20-15/h4-6,8,13,22H,19H2,1-3H3,(H,20,21)/t13-/m1/s1. The quantitative estimate of drug-likeness (QED) is 0.797. The van der Waals surface area contributed by atoms with Crippen LogP contribution < -0.4 is 15.2 Å². The molecule has 2 heterocycles. The minimum absolute atomic E-state index is 0.00602. The fourth-order valence-corrected chi connectivity index (χ4v) is 2.93. The number of aromatic hydroxyl groups is 1. The van der Waals surface area contributed by atoms with Gasteiger partial charge in [0.05, 0.1) is 18.6 Å². The number of benzene rings is 1. The molecule has 0 aliphatic carbocycles. The Labute approximate surface area is 139 Å². The molecular formula is C17H18N4O3. The summed E-state index contributed by atoms with van der Waals surface area (Å²) in [6.45, 7) is 4.04. The predicted molar refractivity (Wildman–Crippen MR) is 86.6 cm³/mol. The molecule has 2 aromatic rings. The van der Waals surface area contributed by atoms with Gasteiger partial charge < -0.3 is 20.3 Å². The van der Waals surface area contributed by atoms with Gasteiger partial charge in [0, 0.05) is 5.69 Å². The fourth-order valence-electron chi connectivity index (χ4n) is 2.93. The Bertz CT molecular complexity index is 861. The van der Waals surface area contributed by atoms with Crippen molar-refractivity contribution in [3.05, 3.63) is 46.5 Å². The summed E-state index contributed by atoms with van der Waals surface area (Å²) in [5, 5.41) is 26.8. The average molecular weight is 326 g/mol. The Morgan fingerprint density at radius 1 is 1.46 bits per heavy atom. The first-order chi connectivity index (χ1) is 11.5. The number of rotatable bonds is 3. The smallest absolute Gasteiger partial charge is 0.244 e. The third-order valence-electron chi connectivity index (χ3n) is 4.08. The highest BCUT2D eigenvalue weighted by Gasteiger charge is 2.36. The molecule has 1 aromatic heterocycles. The van der Waals surface area contributed by atoms with Crippen molar-refractivity contribution in [1.29, 1.82) is 5.26 Å². The van der Waals surface area contributed by atoms with Crippen LogP contribution in [0.2, 0.25) is 0 Å². The first kappa shape index (κ1) is 15.7. The largest absolute Gasteiger partial charge is 0.504 e. The van der Waals surface area contributed by atoms with Crippen molar-refractivity contribution >= 4 is 0 Å². The second-order valence-electron chi connectivity index (χ2n) is 5.87. The highest BCUT2D eigenvalue weighted by molar-refractivity contribution is 5.57. The number of phenols is 1. The molecule has 0 unspecified atom stereocenters. The van der Waals surface area contributed by atoms with Crippen molar-refractivity contribution in [2.45, 2.75) is 25.7 Å². The molecule has 3 rings (SSSR count). The third kappa shape index (κ3) is 2.33. The molecule has 0 saturated heterocycles. The van der Waals surface area contributed by atoms with Gasteiger partial charge in [-0.25, -0.2) is 0 Å². The van der Waals surface area contributed by atoms with E-state index in [4.69, 9.17) is 15.2 Å². The molecule has 0 radical (unpaired) electrons. The lowest BCUT2D eigenvalue weighted by Gasteiger charge is -2.25. The van der Waals surface area contributed by atoms with Crippen molar-refractivity contribution in [3.8, 4) is 23.4 Å². The van der Waals surface area contributed by atoms with E-state index >= 15 is 0 Å². The zero-order chi connectivity index (χ0) is 17.4. The van der Waals surface area contributed by atoms with Gasteiger partial charge in [-0.1, -0.05) is 19.9 Å². The van der Waals surface area contributed by atoms with Gasteiger partial charge in [0.25, 0.3) is 0 Å². The van der Waals surface area contributed by atoms with E-state index in [9.17, 15) is 10.4 Å². The molecular weight excluding hydrogens is 308 g/mol. The summed E-state index contributed by atoms with van der Waals surface area (Å²) in [6, 6.07) is 7.14. The fraction of sp³-hybridized carbons (Fsp3) is 0.294. The molecule has 1 aromatic carbocycles. The van der Waals surface area contributed by atoms with Gasteiger partial charge in [-0.15, -0.1) is 5.10 Å². The first-order valence-electron chi connectivity index (χ1n) is 7.50. The molecule has 4 N–H and O–H groups in total. The molecule has 24 heavy (non-hydrogen) atoms. The van der Waals surface area contributed by atoms with E-state index in [1.807, 2.05) is 13.8 Å². The van der Waals surface area contributed by atoms with Gasteiger partial charge in [0.15, 0.2) is 11.5 Å². The molecule has 7 nitrogen and oxygen atoms in total. The number of nitriles is 1. The number of nitrogens with one attached hydrogen (secondary N) is 1. The van der Waals surface area contributed by atoms with Gasteiger partial charge in [-0.05, 0) is 23.6 Å². The molecule has 1 aliphatic heterocycles. The van der Waals surface area contributed by atoms with Crippen LogP contribution in [0.15, 0.2) is 29.7 Å². The number of ether oxygens (including phenoxy) is 2. The Kier molecular flexibility index (Phi) is 3.81. The topological polar surface area (TPSA) is 117 Å². The van der Waals surface area contributed by atoms with Crippen molar-refractivity contribution in [1.82, 2.24) is 10.2 Å². The summed E-state index contributed by atoms with van der Waals surface area (Å²) in [6.07, 6.45) is 0. The second-order valence-corrected chi connectivity index (χ2v) is 5.87.